The average Bonchev–Trinajstić information content (AvgIpc) is 2.03. The molecule has 3 N–H and O–H groups in total. The molecule has 1 aromatic rings. The second kappa shape index (κ2) is 5.27. The Labute approximate surface area is 98.1 Å². The van der Waals surface area contributed by atoms with Crippen LogP contribution in [0.2, 0.25) is 0 Å². The van der Waals surface area contributed by atoms with Gasteiger partial charge in [-0.3, -0.25) is 4.57 Å². The van der Waals surface area contributed by atoms with Crippen LogP contribution < -0.4 is 29.6 Å². The maximum Gasteiger partial charge on any atom is 1.00 e. The van der Waals surface area contributed by atoms with Gasteiger partial charge in [0.2, 0.25) is 0 Å². The molecule has 1 unspecified atom stereocenters. The van der Waals surface area contributed by atoms with E-state index in [4.69, 9.17) is 14.9 Å². The summed E-state index contributed by atoms with van der Waals surface area (Å²) >= 11 is 0. The van der Waals surface area contributed by atoms with E-state index in [0.717, 1.165) is 0 Å². The van der Waals surface area contributed by atoms with Crippen LogP contribution in [0.1, 0.15) is 11.4 Å². The standard InChI is InChI=1S/C7H9O4P.Na/c8-7(12(9,10)11)6-4-2-1-3-5-6;/h1-5,7-8H,(H2,9,10,11);/q;+1. The van der Waals surface area contributed by atoms with Crippen molar-refractivity contribution in [3.05, 3.63) is 35.9 Å². The van der Waals surface area contributed by atoms with E-state index in [9.17, 15) is 4.57 Å². The molecule has 0 heterocycles. The Morgan fingerprint density at radius 2 is 1.62 bits per heavy atom. The van der Waals surface area contributed by atoms with Gasteiger partial charge in [-0.25, -0.2) is 0 Å². The summed E-state index contributed by atoms with van der Waals surface area (Å²) in [7, 11) is -4.42. The minimum absolute atomic E-state index is 0. The van der Waals surface area contributed by atoms with Gasteiger partial charge in [0.25, 0.3) is 0 Å². The number of benzene rings is 1. The van der Waals surface area contributed by atoms with Crippen molar-refractivity contribution < 1.29 is 49.0 Å². The zero-order valence-corrected chi connectivity index (χ0v) is 10.1. The van der Waals surface area contributed by atoms with Crippen molar-refractivity contribution in [1.29, 1.82) is 0 Å². The molecule has 0 radical (unpaired) electrons. The van der Waals surface area contributed by atoms with Gasteiger partial charge in [0.15, 0.2) is 5.85 Å². The van der Waals surface area contributed by atoms with E-state index in [0.29, 0.717) is 0 Å². The van der Waals surface area contributed by atoms with E-state index >= 15 is 0 Å². The molecule has 66 valence electrons. The van der Waals surface area contributed by atoms with Gasteiger partial charge in [-0.15, -0.1) is 0 Å². The maximum absolute atomic E-state index is 10.6. The number of hydrogen-bond donors (Lipinski definition) is 3. The minimum Gasteiger partial charge on any atom is -0.376 e. The number of rotatable bonds is 2. The van der Waals surface area contributed by atoms with Crippen LogP contribution >= 0.6 is 7.60 Å². The second-order valence-electron chi connectivity index (χ2n) is 2.37. The Bertz CT molecular complexity index is 297. The van der Waals surface area contributed by atoms with Gasteiger partial charge in [-0.05, 0) is 5.56 Å². The molecule has 13 heavy (non-hydrogen) atoms. The van der Waals surface area contributed by atoms with E-state index in [2.05, 4.69) is 0 Å². The Morgan fingerprint density at radius 1 is 1.15 bits per heavy atom. The van der Waals surface area contributed by atoms with Gasteiger partial charge in [0.1, 0.15) is 0 Å². The number of hydrogen-bond acceptors (Lipinski definition) is 2. The van der Waals surface area contributed by atoms with Crippen LogP contribution in [0, 0.1) is 0 Å². The molecule has 0 aliphatic heterocycles. The first-order valence-corrected chi connectivity index (χ1v) is 4.98. The SMILES string of the molecule is O=P(O)(O)C(O)c1ccccc1.[Na+]. The molecule has 0 aromatic heterocycles. The van der Waals surface area contributed by atoms with Crippen molar-refractivity contribution in [2.75, 3.05) is 0 Å². The molecule has 1 aromatic carbocycles. The van der Waals surface area contributed by atoms with Gasteiger partial charge < -0.3 is 14.9 Å². The molecule has 0 bridgehead atoms. The largest absolute Gasteiger partial charge is 1.00 e. The molecule has 0 aliphatic rings. The quantitative estimate of drug-likeness (QED) is 0.385. The average molecular weight is 211 g/mol. The molecule has 0 saturated carbocycles. The normalized spacial score (nSPS) is 13.2. The van der Waals surface area contributed by atoms with E-state index in [1.54, 1.807) is 18.2 Å². The second-order valence-corrected chi connectivity index (χ2v) is 4.04. The third-order valence-corrected chi connectivity index (χ3v) is 2.35. The Hall–Kier alpha value is 0.330. The van der Waals surface area contributed by atoms with Crippen molar-refractivity contribution in [2.24, 2.45) is 0 Å². The zero-order valence-electron chi connectivity index (χ0n) is 7.16. The van der Waals surface area contributed by atoms with Crippen LogP contribution in [0.15, 0.2) is 30.3 Å². The van der Waals surface area contributed by atoms with Crippen molar-refractivity contribution >= 4 is 7.60 Å². The first kappa shape index (κ1) is 13.3. The summed E-state index contributed by atoms with van der Waals surface area (Å²) < 4.78 is 10.6. The monoisotopic (exact) mass is 211 g/mol. The maximum atomic E-state index is 10.6. The smallest absolute Gasteiger partial charge is 0.376 e. The summed E-state index contributed by atoms with van der Waals surface area (Å²) in [4.78, 5) is 17.2. The molecule has 4 nitrogen and oxygen atoms in total. The number of aliphatic hydroxyl groups excluding tert-OH is 1. The fourth-order valence-electron chi connectivity index (χ4n) is 0.819. The van der Waals surface area contributed by atoms with Crippen molar-refractivity contribution in [3.63, 3.8) is 0 Å². The van der Waals surface area contributed by atoms with E-state index in [-0.39, 0.29) is 35.1 Å². The summed E-state index contributed by atoms with van der Waals surface area (Å²) in [6.45, 7) is 0. The fraction of sp³-hybridized carbons (Fsp3) is 0.143. The predicted molar refractivity (Wildman–Crippen MR) is 43.4 cm³/mol. The van der Waals surface area contributed by atoms with Gasteiger partial charge in [-0.2, -0.15) is 0 Å². The van der Waals surface area contributed by atoms with Gasteiger partial charge in [0.05, 0.1) is 0 Å². The van der Waals surface area contributed by atoms with Crippen molar-refractivity contribution in [1.82, 2.24) is 0 Å². The fourth-order valence-corrected chi connectivity index (χ4v) is 1.38. The molecule has 0 spiro atoms. The van der Waals surface area contributed by atoms with Gasteiger partial charge >= 0.3 is 37.2 Å². The van der Waals surface area contributed by atoms with E-state index < -0.39 is 13.4 Å². The van der Waals surface area contributed by atoms with Crippen LogP contribution in [0.5, 0.6) is 0 Å². The summed E-state index contributed by atoms with van der Waals surface area (Å²) in [5.74, 6) is -1.71. The van der Waals surface area contributed by atoms with Crippen LogP contribution in [0.4, 0.5) is 0 Å². The molecule has 1 rings (SSSR count). The van der Waals surface area contributed by atoms with Crippen molar-refractivity contribution in [2.45, 2.75) is 5.85 Å². The summed E-state index contributed by atoms with van der Waals surface area (Å²) in [5.41, 5.74) is 0.228. The van der Waals surface area contributed by atoms with E-state index in [1.807, 2.05) is 0 Å². The van der Waals surface area contributed by atoms with Crippen LogP contribution in [0.25, 0.3) is 0 Å². The topological polar surface area (TPSA) is 77.8 Å². The zero-order chi connectivity index (χ0) is 9.19. The molecule has 0 saturated heterocycles. The summed E-state index contributed by atoms with van der Waals surface area (Å²) in [5, 5.41) is 9.09. The number of aliphatic hydroxyl groups is 1. The molecule has 6 heteroatoms. The van der Waals surface area contributed by atoms with Crippen LogP contribution in [0.3, 0.4) is 0 Å². The molecular weight excluding hydrogens is 202 g/mol. The minimum atomic E-state index is -4.42. The van der Waals surface area contributed by atoms with Crippen LogP contribution in [-0.4, -0.2) is 14.9 Å². The van der Waals surface area contributed by atoms with E-state index in [1.165, 1.54) is 12.1 Å². The Balaban J connectivity index is 0.00000144. The third kappa shape index (κ3) is 3.92. The Kier molecular flexibility index (Phi) is 5.40. The third-order valence-electron chi connectivity index (χ3n) is 1.42. The Morgan fingerprint density at radius 3 is 2.00 bits per heavy atom. The van der Waals surface area contributed by atoms with Crippen molar-refractivity contribution in [3.8, 4) is 0 Å². The predicted octanol–water partition coefficient (Wildman–Crippen LogP) is -2.14. The summed E-state index contributed by atoms with van der Waals surface area (Å²) in [6, 6.07) is 7.84. The van der Waals surface area contributed by atoms with Crippen LogP contribution in [-0.2, 0) is 4.57 Å². The van der Waals surface area contributed by atoms with Gasteiger partial charge in [0, 0.05) is 0 Å². The molecule has 0 aliphatic carbocycles. The van der Waals surface area contributed by atoms with Gasteiger partial charge in [-0.1, -0.05) is 30.3 Å². The molecular formula is C7H9NaO4P+. The molecule has 1 atom stereocenters. The first-order valence-electron chi connectivity index (χ1n) is 3.30. The molecule has 0 amide bonds. The summed E-state index contributed by atoms with van der Waals surface area (Å²) in [6.07, 6.45) is 0. The molecule has 0 fully saturated rings. The first-order chi connectivity index (χ1) is 5.52.